The summed E-state index contributed by atoms with van der Waals surface area (Å²) in [7, 11) is 1.61. The molecule has 20 heavy (non-hydrogen) atoms. The number of carbonyl (C=O) groups excluding carboxylic acids is 1. The number of carbonyl (C=O) groups is 1. The van der Waals surface area contributed by atoms with Crippen LogP contribution in [0, 0.1) is 5.82 Å². The SMILES string of the molecule is COc1ccc(COCc2cc(C=O)ccc2F)cc1. The second-order valence-corrected chi connectivity index (χ2v) is 4.31. The maximum atomic E-state index is 13.5. The lowest BCUT2D eigenvalue weighted by Gasteiger charge is -2.07. The number of hydrogen-bond donors (Lipinski definition) is 0. The second-order valence-electron chi connectivity index (χ2n) is 4.31. The zero-order valence-corrected chi connectivity index (χ0v) is 11.1. The van der Waals surface area contributed by atoms with E-state index >= 15 is 0 Å². The summed E-state index contributed by atoms with van der Waals surface area (Å²) < 4.78 is 24.0. The third-order valence-corrected chi connectivity index (χ3v) is 2.89. The Morgan fingerprint density at radius 3 is 2.50 bits per heavy atom. The van der Waals surface area contributed by atoms with E-state index in [0.717, 1.165) is 11.3 Å². The number of ether oxygens (including phenoxy) is 2. The molecular formula is C16H15FO3. The average molecular weight is 274 g/mol. The van der Waals surface area contributed by atoms with Gasteiger partial charge in [0.2, 0.25) is 0 Å². The van der Waals surface area contributed by atoms with Crippen molar-refractivity contribution < 1.29 is 18.7 Å². The maximum Gasteiger partial charge on any atom is 0.150 e. The molecule has 0 heterocycles. The Bertz CT molecular complexity index is 579. The molecule has 0 N–H and O–H groups in total. The highest BCUT2D eigenvalue weighted by Crippen LogP contribution is 2.14. The van der Waals surface area contributed by atoms with Gasteiger partial charge in [0.15, 0.2) is 0 Å². The molecule has 0 saturated carbocycles. The van der Waals surface area contributed by atoms with Crippen LogP contribution < -0.4 is 4.74 Å². The Morgan fingerprint density at radius 1 is 1.10 bits per heavy atom. The van der Waals surface area contributed by atoms with Crippen LogP contribution in [0.4, 0.5) is 4.39 Å². The second kappa shape index (κ2) is 6.82. The largest absolute Gasteiger partial charge is 0.497 e. The van der Waals surface area contributed by atoms with Gasteiger partial charge in [-0.15, -0.1) is 0 Å². The standard InChI is InChI=1S/C16H15FO3/c1-19-15-5-2-12(3-6-15)10-20-11-14-8-13(9-18)4-7-16(14)17/h2-9H,10-11H2,1H3. The lowest BCUT2D eigenvalue weighted by molar-refractivity contribution is 0.104. The lowest BCUT2D eigenvalue weighted by Crippen LogP contribution is -1.98. The van der Waals surface area contributed by atoms with E-state index in [0.29, 0.717) is 24.0 Å². The molecule has 0 amide bonds. The predicted octanol–water partition coefficient (Wildman–Crippen LogP) is 3.36. The maximum absolute atomic E-state index is 13.5. The monoisotopic (exact) mass is 274 g/mol. The zero-order chi connectivity index (χ0) is 14.4. The minimum atomic E-state index is -0.370. The highest BCUT2D eigenvalue weighted by atomic mass is 19.1. The molecule has 0 aliphatic carbocycles. The van der Waals surface area contributed by atoms with Gasteiger partial charge in [0.1, 0.15) is 17.9 Å². The van der Waals surface area contributed by atoms with Crippen LogP contribution in [-0.4, -0.2) is 13.4 Å². The van der Waals surface area contributed by atoms with Gasteiger partial charge in [-0.3, -0.25) is 4.79 Å². The summed E-state index contributed by atoms with van der Waals surface area (Å²) in [5, 5.41) is 0. The van der Waals surface area contributed by atoms with E-state index in [2.05, 4.69) is 0 Å². The number of hydrogen-bond acceptors (Lipinski definition) is 3. The van der Waals surface area contributed by atoms with Gasteiger partial charge in [-0.25, -0.2) is 4.39 Å². The van der Waals surface area contributed by atoms with Crippen molar-refractivity contribution in [3.8, 4) is 5.75 Å². The third-order valence-electron chi connectivity index (χ3n) is 2.89. The molecule has 0 unspecified atom stereocenters. The molecule has 0 atom stereocenters. The molecule has 2 aromatic rings. The summed E-state index contributed by atoms with van der Waals surface area (Å²) in [5.74, 6) is 0.406. The molecule has 3 nitrogen and oxygen atoms in total. The van der Waals surface area contributed by atoms with Crippen molar-refractivity contribution in [1.82, 2.24) is 0 Å². The van der Waals surface area contributed by atoms with Gasteiger partial charge in [0.25, 0.3) is 0 Å². The first-order valence-corrected chi connectivity index (χ1v) is 6.17. The fourth-order valence-electron chi connectivity index (χ4n) is 1.78. The van der Waals surface area contributed by atoms with Gasteiger partial charge < -0.3 is 9.47 Å². The minimum absolute atomic E-state index is 0.125. The van der Waals surface area contributed by atoms with Crippen molar-refractivity contribution >= 4 is 6.29 Å². The van der Waals surface area contributed by atoms with Crippen LogP contribution in [0.25, 0.3) is 0 Å². The van der Waals surface area contributed by atoms with E-state index in [1.807, 2.05) is 24.3 Å². The first kappa shape index (κ1) is 14.2. The molecule has 0 saturated heterocycles. The summed E-state index contributed by atoms with van der Waals surface area (Å²) >= 11 is 0. The van der Waals surface area contributed by atoms with Crippen LogP contribution in [0.2, 0.25) is 0 Å². The van der Waals surface area contributed by atoms with Crippen molar-refractivity contribution in [3.05, 3.63) is 65.0 Å². The van der Waals surface area contributed by atoms with Crippen molar-refractivity contribution in [2.24, 2.45) is 0 Å². The Labute approximate surface area is 117 Å². The normalized spacial score (nSPS) is 10.3. The number of aldehydes is 1. The smallest absolute Gasteiger partial charge is 0.150 e. The molecule has 0 bridgehead atoms. The summed E-state index contributed by atoms with van der Waals surface area (Å²) in [5.41, 5.74) is 1.79. The van der Waals surface area contributed by atoms with Gasteiger partial charge in [-0.1, -0.05) is 12.1 Å². The molecule has 104 valence electrons. The van der Waals surface area contributed by atoms with Crippen molar-refractivity contribution in [2.45, 2.75) is 13.2 Å². The molecule has 0 spiro atoms. The first-order valence-electron chi connectivity index (χ1n) is 6.17. The molecule has 0 fully saturated rings. The van der Waals surface area contributed by atoms with Crippen molar-refractivity contribution in [2.75, 3.05) is 7.11 Å². The van der Waals surface area contributed by atoms with Crippen LogP contribution in [0.1, 0.15) is 21.5 Å². The Hall–Kier alpha value is -2.20. The minimum Gasteiger partial charge on any atom is -0.497 e. The van der Waals surface area contributed by atoms with E-state index in [1.54, 1.807) is 7.11 Å². The van der Waals surface area contributed by atoms with Crippen LogP contribution in [-0.2, 0) is 18.0 Å². The van der Waals surface area contributed by atoms with Crippen LogP contribution in [0.3, 0.4) is 0 Å². The fourth-order valence-corrected chi connectivity index (χ4v) is 1.78. The highest BCUT2D eigenvalue weighted by Gasteiger charge is 2.04. The number of rotatable bonds is 6. The number of benzene rings is 2. The first-order chi connectivity index (χ1) is 9.72. The van der Waals surface area contributed by atoms with Gasteiger partial charge in [-0.2, -0.15) is 0 Å². The summed E-state index contributed by atoms with van der Waals surface area (Å²) in [6.07, 6.45) is 0.687. The molecule has 0 aliphatic heterocycles. The molecule has 0 radical (unpaired) electrons. The predicted molar refractivity (Wildman–Crippen MR) is 73.3 cm³/mol. The molecule has 2 rings (SSSR count). The molecule has 0 aliphatic rings. The summed E-state index contributed by atoms with van der Waals surface area (Å²) in [4.78, 5) is 10.7. The van der Waals surface area contributed by atoms with E-state index in [-0.39, 0.29) is 12.4 Å². The van der Waals surface area contributed by atoms with Gasteiger partial charge in [0, 0.05) is 11.1 Å². The Morgan fingerprint density at radius 2 is 1.85 bits per heavy atom. The molecule has 4 heteroatoms. The topological polar surface area (TPSA) is 35.5 Å². The average Bonchev–Trinajstić information content (AvgIpc) is 2.50. The molecule has 2 aromatic carbocycles. The highest BCUT2D eigenvalue weighted by molar-refractivity contribution is 5.74. The van der Waals surface area contributed by atoms with Crippen LogP contribution >= 0.6 is 0 Å². The Kier molecular flexibility index (Phi) is 4.85. The van der Waals surface area contributed by atoms with E-state index in [9.17, 15) is 9.18 Å². The van der Waals surface area contributed by atoms with E-state index < -0.39 is 0 Å². The van der Waals surface area contributed by atoms with Crippen molar-refractivity contribution in [1.29, 1.82) is 0 Å². The third kappa shape index (κ3) is 3.65. The summed E-state index contributed by atoms with van der Waals surface area (Å²) in [6, 6.07) is 11.7. The van der Waals surface area contributed by atoms with Crippen molar-refractivity contribution in [3.63, 3.8) is 0 Å². The zero-order valence-electron chi connectivity index (χ0n) is 11.1. The van der Waals surface area contributed by atoms with Gasteiger partial charge in [0.05, 0.1) is 20.3 Å². The summed E-state index contributed by atoms with van der Waals surface area (Å²) in [6.45, 7) is 0.494. The number of methoxy groups -OCH3 is 1. The molecular weight excluding hydrogens is 259 g/mol. The van der Waals surface area contributed by atoms with Crippen LogP contribution in [0.15, 0.2) is 42.5 Å². The molecule has 0 aromatic heterocycles. The van der Waals surface area contributed by atoms with Gasteiger partial charge >= 0.3 is 0 Å². The lowest BCUT2D eigenvalue weighted by atomic mass is 10.1. The number of halogens is 1. The Balaban J connectivity index is 1.93. The van der Waals surface area contributed by atoms with E-state index in [1.165, 1.54) is 18.2 Å². The quantitative estimate of drug-likeness (QED) is 0.758. The van der Waals surface area contributed by atoms with Gasteiger partial charge in [-0.05, 0) is 35.9 Å². The van der Waals surface area contributed by atoms with E-state index in [4.69, 9.17) is 9.47 Å². The fraction of sp³-hybridized carbons (Fsp3) is 0.188. The van der Waals surface area contributed by atoms with Crippen LogP contribution in [0.5, 0.6) is 5.75 Å².